The first-order valence-electron chi connectivity index (χ1n) is 39.0. The highest BCUT2D eigenvalue weighted by molar-refractivity contribution is 6.39. The first kappa shape index (κ1) is 87.2. The molecule has 4 saturated heterocycles. The summed E-state index contributed by atoms with van der Waals surface area (Å²) >= 11 is 0. The molecule has 27 nitrogen and oxygen atoms in total. The number of cyclic esters (lactones) is 1. The molecule has 22 atom stereocenters. The fourth-order valence-electron chi connectivity index (χ4n) is 17.1. The summed E-state index contributed by atoms with van der Waals surface area (Å²) in [5.41, 5.74) is 4.24. The largest absolute Gasteiger partial charge is 0.507 e. The summed E-state index contributed by atoms with van der Waals surface area (Å²) in [5.74, 6) is -11.6. The van der Waals surface area contributed by atoms with Crippen molar-refractivity contribution < 1.29 is 121 Å². The molecular weight excluding hydrogens is 1420 g/mol. The quantitative estimate of drug-likeness (QED) is 0.0351. The molecule has 8 aliphatic rings. The van der Waals surface area contributed by atoms with Crippen LogP contribution in [0.2, 0.25) is 0 Å². The number of ketones is 6. The number of piperidine rings is 1. The number of hydrogen-bond acceptors (Lipinski definition) is 26. The Hall–Kier alpha value is -6.80. The fourth-order valence-corrected chi connectivity index (χ4v) is 17.1. The number of benzene rings is 2. The van der Waals surface area contributed by atoms with E-state index in [1.54, 1.807) is 48.0 Å². The molecule has 3 aliphatic carbocycles. The third kappa shape index (κ3) is 19.7. The van der Waals surface area contributed by atoms with Gasteiger partial charge in [-0.25, -0.2) is 4.79 Å². The van der Waals surface area contributed by atoms with Crippen LogP contribution in [0.25, 0.3) is 0 Å². The number of phenolic OH excluding ortho intramolecular Hbond substituents is 2. The van der Waals surface area contributed by atoms with Gasteiger partial charge in [-0.15, -0.1) is 0 Å². The van der Waals surface area contributed by atoms with Crippen molar-refractivity contribution in [1.82, 2.24) is 4.90 Å². The van der Waals surface area contributed by atoms with Crippen molar-refractivity contribution in [3.05, 3.63) is 99.2 Å². The zero-order chi connectivity index (χ0) is 80.4. The Balaban J connectivity index is 0.000000269. The van der Waals surface area contributed by atoms with Gasteiger partial charge in [0.1, 0.15) is 65.7 Å². The SMILES string of the molecule is CO[C@H]1C[C@@H]2CC[C@@H](C)[C@@](O)(O2)C(=O)C(=O)N2CCCC[C@H]2C(=O)O[C@H]([C@@H](C)C[C@@H]2CC[C@@H](O)[C@H](OC)C2)CC(=O)[C@H](C)/C=C(\C)[C@@H](O)[C@@H](OC)C(=O)[C@H](C)C[C@H](C)/C=C/C=C/C=C/1C.COc1cccc2c1C(=O)c1c(O)c3c(c(O)c1C2=O)C[C@@](O)(C(=O)CO)CC3O[C@H]1C[C@H](N)[C@H](O[C@@H]2CCCCO2)[C@H](C)O1. The van der Waals surface area contributed by atoms with Crippen LogP contribution >= 0.6 is 0 Å². The minimum atomic E-state index is -2.43. The maximum Gasteiger partial charge on any atom is 0.329 e. The summed E-state index contributed by atoms with van der Waals surface area (Å²) in [6, 6.07) is 2.72. The molecular formula is C83H116N2O25. The molecule has 10 rings (SSSR count). The number of esters is 1. The van der Waals surface area contributed by atoms with Crippen LogP contribution in [0.5, 0.6) is 17.2 Å². The van der Waals surface area contributed by atoms with Crippen LogP contribution in [0, 0.1) is 35.5 Å². The number of hydrogen-bond donors (Lipinski definition) is 8. The lowest BCUT2D eigenvalue weighted by atomic mass is 9.72. The molecule has 608 valence electrons. The van der Waals surface area contributed by atoms with Crippen LogP contribution in [0.4, 0.5) is 0 Å². The van der Waals surface area contributed by atoms with Crippen LogP contribution in [0.1, 0.15) is 214 Å². The summed E-state index contributed by atoms with van der Waals surface area (Å²) in [7, 11) is 5.86. The van der Waals surface area contributed by atoms with Gasteiger partial charge in [-0.05, 0) is 139 Å². The van der Waals surface area contributed by atoms with Gasteiger partial charge in [-0.1, -0.05) is 83.2 Å². The predicted octanol–water partition coefficient (Wildman–Crippen LogP) is 7.73. The number of fused-ring (bicyclic) bond motifs is 6. The first-order valence-corrected chi connectivity index (χ1v) is 39.0. The molecule has 2 aromatic rings. The number of phenols is 2. The number of nitrogens with zero attached hydrogens (tertiary/aromatic N) is 1. The summed E-state index contributed by atoms with van der Waals surface area (Å²) in [4.78, 5) is 112. The molecule has 5 heterocycles. The van der Waals surface area contributed by atoms with E-state index in [4.69, 9.17) is 53.1 Å². The second kappa shape index (κ2) is 38.4. The number of aromatic hydroxyl groups is 2. The summed E-state index contributed by atoms with van der Waals surface area (Å²) in [6.07, 6.45) is 9.15. The predicted molar refractivity (Wildman–Crippen MR) is 399 cm³/mol. The van der Waals surface area contributed by atoms with Gasteiger partial charge < -0.3 is 93.7 Å². The molecule has 1 unspecified atom stereocenters. The number of nitrogens with two attached hydrogens (primary N) is 1. The third-order valence-electron chi connectivity index (χ3n) is 23.7. The Bertz CT molecular complexity index is 3750. The summed E-state index contributed by atoms with van der Waals surface area (Å²) < 4.78 is 58.8. The van der Waals surface area contributed by atoms with Gasteiger partial charge >= 0.3 is 5.97 Å². The van der Waals surface area contributed by atoms with Crippen molar-refractivity contribution in [1.29, 1.82) is 0 Å². The maximum atomic E-state index is 14.4. The molecule has 0 spiro atoms. The molecule has 0 aromatic heterocycles. The molecule has 27 heteroatoms. The Morgan fingerprint density at radius 2 is 1.49 bits per heavy atom. The number of methoxy groups -OCH3 is 4. The van der Waals surface area contributed by atoms with Gasteiger partial charge in [0.2, 0.25) is 11.6 Å². The molecule has 1 amide bonds. The zero-order valence-corrected chi connectivity index (χ0v) is 65.6. The standard InChI is InChI=1S/C51H79NO13.C32H37NO12/c1-30-16-12-11-13-17-31(2)42(61-8)28-38-21-19-36(7)51(60,65-38)48(57)49(58)52-23-15-14-18-39(52)50(59)64-43(33(4)26-37-20-22-40(53)44(27-37)62-9)29-41(54)32(3)25-35(6)46(56)47(63-10)45(55)34(5)24-30;1-14-31(45-21-8-3-4-9-42-21)17(33)10-22(43-14)44-19-12-32(40,20(35)13-34)11-16-24(19)30(39)26-25(28(16)37)27(36)15-6-5-7-18(41-2)23(15)29(26)38/h11-13,16-17,25,30,32-34,36-40,42-44,46-47,53,56,60H,14-15,18-24,26-29H2,1-10H3;5-7,14,17,19,21-22,31,34,37,39-40H,3-4,8-13,33H2,1-2H3/b13-11+,16-12+,31-17+,35-25+;/t30-,32-,33+,34-,36-,37+,38+,39+,40-,42+,43+,44-,46-,47+,51-;14-,17-,19?,21+,22-,31+,32-/m10/s1. The van der Waals surface area contributed by atoms with E-state index in [0.29, 0.717) is 70.0 Å². The van der Waals surface area contributed by atoms with E-state index < -0.39 is 186 Å². The van der Waals surface area contributed by atoms with Crippen molar-refractivity contribution in [3.8, 4) is 17.2 Å². The summed E-state index contributed by atoms with van der Waals surface area (Å²) in [5, 5.41) is 78.1. The minimum Gasteiger partial charge on any atom is -0.507 e. The third-order valence-corrected chi connectivity index (χ3v) is 23.7. The fraction of sp³-hybridized carbons (Fsp3) is 0.663. The van der Waals surface area contributed by atoms with E-state index in [-0.39, 0.29) is 89.2 Å². The molecule has 5 aliphatic heterocycles. The van der Waals surface area contributed by atoms with E-state index in [2.05, 4.69) is 0 Å². The molecule has 2 bridgehead atoms. The molecule has 2 aromatic carbocycles. The number of aliphatic hydroxyl groups is 5. The van der Waals surface area contributed by atoms with Crippen LogP contribution in [0.15, 0.2) is 65.8 Å². The van der Waals surface area contributed by atoms with Crippen molar-refractivity contribution in [2.45, 2.75) is 268 Å². The number of rotatable bonds is 13. The van der Waals surface area contributed by atoms with E-state index in [0.717, 1.165) is 31.3 Å². The van der Waals surface area contributed by atoms with Gasteiger partial charge in [0.15, 0.2) is 29.9 Å². The molecule has 110 heavy (non-hydrogen) atoms. The highest BCUT2D eigenvalue weighted by atomic mass is 16.7. The number of carbonyl (C=O) groups is 8. The number of amides is 1. The van der Waals surface area contributed by atoms with E-state index in [9.17, 15) is 74.1 Å². The number of ether oxygens (including phenoxy) is 10. The number of carbonyl (C=O) groups excluding carboxylic acids is 8. The van der Waals surface area contributed by atoms with E-state index in [1.165, 1.54) is 37.3 Å². The summed E-state index contributed by atoms with van der Waals surface area (Å²) in [6.45, 7) is 14.1. The van der Waals surface area contributed by atoms with Gasteiger partial charge in [0.25, 0.3) is 11.7 Å². The van der Waals surface area contributed by atoms with Crippen molar-refractivity contribution in [2.75, 3.05) is 48.2 Å². The Labute approximate surface area is 644 Å². The lowest BCUT2D eigenvalue weighted by Crippen LogP contribution is -2.61. The van der Waals surface area contributed by atoms with E-state index in [1.807, 2.05) is 58.1 Å². The Morgan fingerprint density at radius 3 is 2.16 bits per heavy atom. The molecule has 1 saturated carbocycles. The average Bonchev–Trinajstić information content (AvgIpc) is 0.709. The first-order chi connectivity index (χ1) is 52.2. The van der Waals surface area contributed by atoms with Gasteiger partial charge in [0, 0.05) is 107 Å². The molecule has 9 N–H and O–H groups in total. The van der Waals surface area contributed by atoms with Crippen LogP contribution in [-0.4, -0.2) is 226 Å². The number of aliphatic hydroxyl groups excluding tert-OH is 3. The van der Waals surface area contributed by atoms with Crippen molar-refractivity contribution >= 4 is 46.6 Å². The van der Waals surface area contributed by atoms with Crippen LogP contribution in [-0.2, 0) is 77.8 Å². The second-order valence-corrected chi connectivity index (χ2v) is 31.7. The normalized spacial score (nSPS) is 36.6. The lowest BCUT2D eigenvalue weighted by Gasteiger charge is -2.43. The van der Waals surface area contributed by atoms with Crippen molar-refractivity contribution in [3.63, 3.8) is 0 Å². The molecule has 5 fully saturated rings. The highest BCUT2D eigenvalue weighted by Crippen LogP contribution is 2.53. The van der Waals surface area contributed by atoms with Crippen LogP contribution < -0.4 is 10.5 Å². The van der Waals surface area contributed by atoms with Gasteiger partial charge in [-0.3, -0.25) is 33.6 Å². The number of allylic oxidation sites excluding steroid dienone is 6. The topological polar surface area (TPSA) is 400 Å². The van der Waals surface area contributed by atoms with E-state index >= 15 is 0 Å². The smallest absolute Gasteiger partial charge is 0.329 e. The lowest BCUT2D eigenvalue weighted by molar-refractivity contribution is -0.281. The van der Waals surface area contributed by atoms with Crippen LogP contribution in [0.3, 0.4) is 0 Å². The Morgan fingerprint density at radius 1 is 0.764 bits per heavy atom. The monoisotopic (exact) mass is 1540 g/mol. The number of Topliss-reactive ketones (excluding diaryl/α,β-unsaturated/α-hetero) is 4. The van der Waals surface area contributed by atoms with Crippen molar-refractivity contribution in [2.24, 2.45) is 41.2 Å². The molecule has 0 radical (unpaired) electrons. The highest BCUT2D eigenvalue weighted by Gasteiger charge is 2.55. The van der Waals surface area contributed by atoms with Gasteiger partial charge in [-0.2, -0.15) is 0 Å². The second-order valence-electron chi connectivity index (χ2n) is 31.7. The van der Waals surface area contributed by atoms with Gasteiger partial charge in [0.05, 0.1) is 60.4 Å². The minimum absolute atomic E-state index is 0.0193. The maximum absolute atomic E-state index is 14.4. The Kier molecular flexibility index (Phi) is 30.4. The average molecular weight is 1540 g/mol. The zero-order valence-electron chi connectivity index (χ0n) is 65.6.